The van der Waals surface area contributed by atoms with E-state index in [4.69, 9.17) is 18.9 Å². The summed E-state index contributed by atoms with van der Waals surface area (Å²) in [5.74, 6) is 0.482. The molecule has 0 bridgehead atoms. The molecule has 2 heterocycles. The molecule has 0 unspecified atom stereocenters. The van der Waals surface area contributed by atoms with E-state index >= 15 is 0 Å². The molecule has 2 aromatic carbocycles. The number of hydrogen-bond acceptors (Lipinski definition) is 7. The molecule has 2 saturated heterocycles. The highest BCUT2D eigenvalue weighted by atomic mass is 19.1. The normalized spacial score (nSPS) is 21.8. The zero-order valence-corrected chi connectivity index (χ0v) is 23.2. The molecule has 2 fully saturated rings. The van der Waals surface area contributed by atoms with Crippen LogP contribution >= 0.6 is 0 Å². The predicted octanol–water partition coefficient (Wildman–Crippen LogP) is 4.99. The van der Waals surface area contributed by atoms with E-state index in [0.29, 0.717) is 50.9 Å². The van der Waals surface area contributed by atoms with Crippen molar-refractivity contribution >= 4 is 17.3 Å². The number of benzene rings is 2. The molecule has 2 aliphatic heterocycles. The minimum absolute atomic E-state index is 0.0358. The van der Waals surface area contributed by atoms with Crippen LogP contribution in [0, 0.1) is 11.7 Å². The summed E-state index contributed by atoms with van der Waals surface area (Å²) >= 11 is 0. The van der Waals surface area contributed by atoms with Gasteiger partial charge in [0.05, 0.1) is 24.8 Å². The molecule has 2 aliphatic rings. The second kappa shape index (κ2) is 13.8. The third-order valence-electron chi connectivity index (χ3n) is 7.66. The molecule has 39 heavy (non-hydrogen) atoms. The van der Waals surface area contributed by atoms with E-state index in [0.717, 1.165) is 30.7 Å². The molecule has 4 rings (SSSR count). The van der Waals surface area contributed by atoms with Gasteiger partial charge in [-0.25, -0.2) is 4.39 Å². The zero-order chi connectivity index (χ0) is 27.8. The lowest BCUT2D eigenvalue weighted by Crippen LogP contribution is -2.38. The molecular formula is C30H41FN2O6. The molecular weight excluding hydrogens is 503 g/mol. The van der Waals surface area contributed by atoms with Gasteiger partial charge in [-0.2, -0.15) is 0 Å². The van der Waals surface area contributed by atoms with E-state index in [2.05, 4.69) is 11.8 Å². The monoisotopic (exact) mass is 544 g/mol. The van der Waals surface area contributed by atoms with Crippen LogP contribution in [0.25, 0.3) is 0 Å². The first-order chi connectivity index (χ1) is 18.9. The van der Waals surface area contributed by atoms with Crippen molar-refractivity contribution in [3.05, 3.63) is 48.3 Å². The molecule has 1 N–H and O–H groups in total. The van der Waals surface area contributed by atoms with Gasteiger partial charge in [0.1, 0.15) is 23.4 Å². The van der Waals surface area contributed by atoms with Gasteiger partial charge in [0.15, 0.2) is 0 Å². The van der Waals surface area contributed by atoms with Gasteiger partial charge in [-0.15, -0.1) is 0 Å². The van der Waals surface area contributed by atoms with Crippen LogP contribution in [-0.4, -0.2) is 75.9 Å². The molecule has 0 radical (unpaired) electrons. The summed E-state index contributed by atoms with van der Waals surface area (Å²) in [4.78, 5) is 15.8. The Balaban J connectivity index is 1.34. The number of piperidine rings is 1. The Kier molecular flexibility index (Phi) is 10.3. The molecule has 0 saturated carbocycles. The van der Waals surface area contributed by atoms with Crippen LogP contribution < -0.4 is 19.3 Å². The maximum Gasteiger partial charge on any atom is 0.305 e. The average Bonchev–Trinajstić information content (AvgIpc) is 3.23. The number of aliphatic carboxylic acids is 1. The van der Waals surface area contributed by atoms with Gasteiger partial charge >= 0.3 is 5.97 Å². The summed E-state index contributed by atoms with van der Waals surface area (Å²) in [5.41, 5.74) is 1.53. The van der Waals surface area contributed by atoms with Crippen molar-refractivity contribution in [3.8, 4) is 11.5 Å². The zero-order valence-electron chi connectivity index (χ0n) is 23.2. The number of methoxy groups -OCH3 is 1. The maximum atomic E-state index is 14.5. The quantitative estimate of drug-likeness (QED) is 0.353. The minimum Gasteiger partial charge on any atom is -0.494 e. The lowest BCUT2D eigenvalue weighted by atomic mass is 9.97. The number of rotatable bonds is 13. The van der Waals surface area contributed by atoms with E-state index in [-0.39, 0.29) is 36.4 Å². The molecule has 0 amide bonds. The van der Waals surface area contributed by atoms with E-state index < -0.39 is 5.97 Å². The summed E-state index contributed by atoms with van der Waals surface area (Å²) in [6.45, 7) is 7.79. The number of halogens is 1. The second-order valence-electron chi connectivity index (χ2n) is 10.3. The van der Waals surface area contributed by atoms with Crippen molar-refractivity contribution in [2.24, 2.45) is 5.92 Å². The highest BCUT2D eigenvalue weighted by Gasteiger charge is 2.40. The van der Waals surface area contributed by atoms with Crippen molar-refractivity contribution < 1.29 is 33.2 Å². The third kappa shape index (κ3) is 7.54. The van der Waals surface area contributed by atoms with Crippen molar-refractivity contribution in [2.45, 2.75) is 57.8 Å². The highest BCUT2D eigenvalue weighted by molar-refractivity contribution is 5.69. The van der Waals surface area contributed by atoms with E-state index in [1.807, 2.05) is 36.1 Å². The number of nitrogens with zero attached hydrogens (tertiary/aromatic N) is 2. The Morgan fingerprint density at radius 1 is 1.08 bits per heavy atom. The third-order valence-corrected chi connectivity index (χ3v) is 7.66. The number of ether oxygens (including phenoxy) is 4. The summed E-state index contributed by atoms with van der Waals surface area (Å²) in [5, 5.41) is 9.52. The standard InChI is InChI=1S/C30H41FN2O6/c1-4-37-25-10-11-26(31)28(18-25)32-14-12-24(13-15-32)39-23-8-6-22(7-9-23)33-20-29(38-17-5-16-36-3)21(2)27(33)19-30(34)35/h6-11,18,21,24,27,29H,4-5,12-17,19-20H2,1-3H3,(H,34,35)/t21-,27-,29-/m0/s1. The van der Waals surface area contributed by atoms with Gasteiger partial charge in [-0.3, -0.25) is 4.79 Å². The molecule has 3 atom stereocenters. The lowest BCUT2D eigenvalue weighted by molar-refractivity contribution is -0.137. The average molecular weight is 545 g/mol. The molecule has 0 aliphatic carbocycles. The molecule has 2 aromatic rings. The first-order valence-electron chi connectivity index (χ1n) is 13.9. The van der Waals surface area contributed by atoms with Crippen LogP contribution in [0.1, 0.15) is 39.5 Å². The largest absolute Gasteiger partial charge is 0.494 e. The van der Waals surface area contributed by atoms with Crippen LogP contribution in [0.5, 0.6) is 11.5 Å². The predicted molar refractivity (Wildman–Crippen MR) is 149 cm³/mol. The number of carboxylic acid groups (broad SMARTS) is 1. The smallest absolute Gasteiger partial charge is 0.305 e. The van der Waals surface area contributed by atoms with Gasteiger partial charge < -0.3 is 33.9 Å². The Morgan fingerprint density at radius 3 is 2.46 bits per heavy atom. The Hall–Kier alpha value is -3.04. The van der Waals surface area contributed by atoms with Crippen LogP contribution in [0.2, 0.25) is 0 Å². The van der Waals surface area contributed by atoms with Crippen LogP contribution in [0.15, 0.2) is 42.5 Å². The topological polar surface area (TPSA) is 80.7 Å². The Bertz CT molecular complexity index is 1060. The van der Waals surface area contributed by atoms with Gasteiger partial charge in [0.2, 0.25) is 0 Å². The molecule has 0 aromatic heterocycles. The second-order valence-corrected chi connectivity index (χ2v) is 10.3. The van der Waals surface area contributed by atoms with Crippen LogP contribution in [0.3, 0.4) is 0 Å². The number of hydrogen-bond donors (Lipinski definition) is 1. The van der Waals surface area contributed by atoms with Gasteiger partial charge in [0.25, 0.3) is 0 Å². The summed E-state index contributed by atoms with van der Waals surface area (Å²) in [6.07, 6.45) is 2.44. The van der Waals surface area contributed by atoms with Crippen LogP contribution in [0.4, 0.5) is 15.8 Å². The first kappa shape index (κ1) is 29.0. The molecule has 9 heteroatoms. The summed E-state index contributed by atoms with van der Waals surface area (Å²) in [6, 6.07) is 12.6. The van der Waals surface area contributed by atoms with E-state index in [1.54, 1.807) is 19.2 Å². The van der Waals surface area contributed by atoms with Crippen molar-refractivity contribution in [1.82, 2.24) is 0 Å². The van der Waals surface area contributed by atoms with E-state index in [9.17, 15) is 14.3 Å². The van der Waals surface area contributed by atoms with Gasteiger partial charge in [-0.1, -0.05) is 6.92 Å². The highest BCUT2D eigenvalue weighted by Crippen LogP contribution is 2.35. The van der Waals surface area contributed by atoms with Gasteiger partial charge in [0, 0.05) is 76.5 Å². The van der Waals surface area contributed by atoms with Gasteiger partial charge in [-0.05, 0) is 49.7 Å². The SMILES string of the molecule is CCOc1ccc(F)c(N2CCC(Oc3ccc(N4C[C@H](OCCCOC)[C@@H](C)[C@@H]4CC(=O)O)cc3)CC2)c1. The van der Waals surface area contributed by atoms with E-state index in [1.165, 1.54) is 6.07 Å². The summed E-state index contributed by atoms with van der Waals surface area (Å²) in [7, 11) is 1.67. The van der Waals surface area contributed by atoms with Crippen molar-refractivity contribution in [1.29, 1.82) is 0 Å². The maximum absolute atomic E-state index is 14.5. The Morgan fingerprint density at radius 2 is 1.79 bits per heavy atom. The Labute approximate surface area is 230 Å². The summed E-state index contributed by atoms with van der Waals surface area (Å²) < 4.78 is 37.5. The fourth-order valence-electron chi connectivity index (χ4n) is 5.56. The first-order valence-corrected chi connectivity index (χ1v) is 13.9. The minimum atomic E-state index is -0.812. The fourth-order valence-corrected chi connectivity index (χ4v) is 5.56. The molecule has 8 nitrogen and oxygen atoms in total. The molecule has 0 spiro atoms. The number of carbonyl (C=O) groups is 1. The number of anilines is 2. The van der Waals surface area contributed by atoms with Crippen molar-refractivity contribution in [2.75, 3.05) is 56.4 Å². The lowest BCUT2D eigenvalue weighted by Gasteiger charge is -2.34. The number of carboxylic acids is 1. The van der Waals surface area contributed by atoms with Crippen LogP contribution in [-0.2, 0) is 14.3 Å². The fraction of sp³-hybridized carbons (Fsp3) is 0.567. The molecule has 214 valence electrons. The van der Waals surface area contributed by atoms with Crippen molar-refractivity contribution in [3.63, 3.8) is 0 Å².